The predicted molar refractivity (Wildman–Crippen MR) is 80.0 cm³/mol. The van der Waals surface area contributed by atoms with E-state index in [1.54, 1.807) is 0 Å². The van der Waals surface area contributed by atoms with Gasteiger partial charge in [0.1, 0.15) is 0 Å². The third kappa shape index (κ3) is 3.20. The largest absolute Gasteiger partial charge is 0.347 e. The Morgan fingerprint density at radius 1 is 1.05 bits per heavy atom. The quantitative estimate of drug-likeness (QED) is 0.780. The number of hydrogen-bond acceptors (Lipinski definition) is 2. The Labute approximate surface area is 113 Å². The van der Waals surface area contributed by atoms with Gasteiger partial charge >= 0.3 is 0 Å². The monoisotopic (exact) mass is 253 g/mol. The molecular weight excluding hydrogens is 234 g/mol. The first-order chi connectivity index (χ1) is 9.43. The molecule has 0 radical (unpaired) electrons. The van der Waals surface area contributed by atoms with E-state index in [4.69, 9.17) is 0 Å². The van der Waals surface area contributed by atoms with E-state index in [0.717, 1.165) is 13.0 Å². The summed E-state index contributed by atoms with van der Waals surface area (Å²) in [7, 11) is 1.50. The number of fused-ring (bicyclic) bond motifs is 1. The molecule has 2 heterocycles. The Kier molecular flexibility index (Phi) is 4.70. The highest BCUT2D eigenvalue weighted by Gasteiger charge is 2.00. The number of nitrogens with zero attached hydrogens (tertiary/aromatic N) is 2. The van der Waals surface area contributed by atoms with E-state index < -0.39 is 0 Å². The van der Waals surface area contributed by atoms with Gasteiger partial charge in [0.25, 0.3) is 0 Å². The van der Waals surface area contributed by atoms with Gasteiger partial charge in [-0.2, -0.15) is 0 Å². The topological polar surface area (TPSA) is 43.8 Å². The van der Waals surface area contributed by atoms with Crippen LogP contribution in [-0.4, -0.2) is 16.6 Å². The van der Waals surface area contributed by atoms with Crippen LogP contribution in [0.1, 0.15) is 5.56 Å². The number of nitrogens with two attached hydrogens (primary N) is 1. The molecule has 98 valence electrons. The molecular formula is C16H19N3. The van der Waals surface area contributed by atoms with Crippen LogP contribution in [0.5, 0.6) is 0 Å². The van der Waals surface area contributed by atoms with Gasteiger partial charge in [0.15, 0.2) is 0 Å². The average Bonchev–Trinajstić information content (AvgIpc) is 2.92. The molecule has 3 rings (SSSR count). The summed E-state index contributed by atoms with van der Waals surface area (Å²) in [6, 6.07) is 14.8. The van der Waals surface area contributed by atoms with Crippen LogP contribution in [0.4, 0.5) is 0 Å². The molecule has 0 aliphatic rings. The molecule has 0 aliphatic heterocycles. The zero-order valence-electron chi connectivity index (χ0n) is 11.2. The van der Waals surface area contributed by atoms with Gasteiger partial charge in [-0.25, -0.2) is 0 Å². The molecule has 0 aliphatic carbocycles. The zero-order valence-corrected chi connectivity index (χ0v) is 11.2. The smallest absolute Gasteiger partial charge is 0.0511 e. The third-order valence-corrected chi connectivity index (χ3v) is 3.06. The average molecular weight is 253 g/mol. The van der Waals surface area contributed by atoms with Gasteiger partial charge in [0.2, 0.25) is 0 Å². The highest BCUT2D eigenvalue weighted by molar-refractivity contribution is 5.78. The highest BCUT2D eigenvalue weighted by Crippen LogP contribution is 2.14. The van der Waals surface area contributed by atoms with Crippen molar-refractivity contribution in [3.8, 4) is 0 Å². The summed E-state index contributed by atoms with van der Waals surface area (Å²) in [5, 5.41) is 1.21. The van der Waals surface area contributed by atoms with Crippen molar-refractivity contribution in [3.63, 3.8) is 0 Å². The lowest BCUT2D eigenvalue weighted by Gasteiger charge is -2.05. The summed E-state index contributed by atoms with van der Waals surface area (Å²) in [5.41, 5.74) is 7.14. The lowest BCUT2D eigenvalue weighted by Crippen LogP contribution is -1.99. The van der Waals surface area contributed by atoms with E-state index in [-0.39, 0.29) is 0 Å². The molecule has 0 saturated carbocycles. The van der Waals surface area contributed by atoms with Crippen molar-refractivity contribution in [1.82, 2.24) is 9.55 Å². The van der Waals surface area contributed by atoms with E-state index in [2.05, 4.69) is 63.9 Å². The van der Waals surface area contributed by atoms with Crippen molar-refractivity contribution in [2.24, 2.45) is 5.73 Å². The number of rotatable bonds is 3. The van der Waals surface area contributed by atoms with E-state index >= 15 is 0 Å². The van der Waals surface area contributed by atoms with Crippen molar-refractivity contribution in [3.05, 3.63) is 66.6 Å². The lowest BCUT2D eigenvalue weighted by molar-refractivity contribution is 0.723. The second-order valence-corrected chi connectivity index (χ2v) is 4.18. The third-order valence-electron chi connectivity index (χ3n) is 3.06. The molecule has 0 bridgehead atoms. The van der Waals surface area contributed by atoms with Crippen molar-refractivity contribution in [2.45, 2.75) is 13.0 Å². The molecule has 3 aromatic rings. The summed E-state index contributed by atoms with van der Waals surface area (Å²) < 4.78 is 2.28. The first-order valence-electron chi connectivity index (χ1n) is 6.44. The zero-order chi connectivity index (χ0) is 13.5. The summed E-state index contributed by atoms with van der Waals surface area (Å²) in [5.74, 6) is 0. The van der Waals surface area contributed by atoms with Crippen LogP contribution in [-0.2, 0) is 13.0 Å². The van der Waals surface area contributed by atoms with Gasteiger partial charge in [-0.1, -0.05) is 30.3 Å². The molecule has 1 aromatic carbocycles. The van der Waals surface area contributed by atoms with Gasteiger partial charge in [-0.15, -0.1) is 0 Å². The minimum Gasteiger partial charge on any atom is -0.347 e. The van der Waals surface area contributed by atoms with Gasteiger partial charge in [0.05, 0.1) is 5.52 Å². The molecule has 19 heavy (non-hydrogen) atoms. The van der Waals surface area contributed by atoms with Crippen LogP contribution in [0, 0.1) is 0 Å². The fourth-order valence-electron chi connectivity index (χ4n) is 2.13. The Hall–Kier alpha value is -2.13. The molecule has 0 unspecified atom stereocenters. The lowest BCUT2D eigenvalue weighted by atomic mass is 10.1. The molecule has 3 heteroatoms. The van der Waals surface area contributed by atoms with E-state index in [1.807, 2.05) is 12.4 Å². The van der Waals surface area contributed by atoms with Crippen LogP contribution in [0.25, 0.3) is 10.9 Å². The van der Waals surface area contributed by atoms with Gasteiger partial charge in [0, 0.05) is 30.5 Å². The van der Waals surface area contributed by atoms with E-state index in [1.165, 1.54) is 23.5 Å². The summed E-state index contributed by atoms with van der Waals surface area (Å²) in [4.78, 5) is 4.13. The number of hydrogen-bond donors (Lipinski definition) is 1. The van der Waals surface area contributed by atoms with Gasteiger partial charge in [-0.05, 0) is 31.2 Å². The Balaban J connectivity index is 0.000000637. The van der Waals surface area contributed by atoms with Crippen molar-refractivity contribution >= 4 is 10.9 Å². The normalized spacial score (nSPS) is 10.0. The minimum atomic E-state index is 1.01. The fraction of sp³-hybridized carbons (Fsp3) is 0.188. The summed E-state index contributed by atoms with van der Waals surface area (Å²) in [6.45, 7) is 1.01. The second-order valence-electron chi connectivity index (χ2n) is 4.18. The van der Waals surface area contributed by atoms with Crippen LogP contribution >= 0.6 is 0 Å². The number of aryl methyl sites for hydroxylation is 2. The maximum Gasteiger partial charge on any atom is 0.0511 e. The number of benzene rings is 1. The first kappa shape index (κ1) is 13.3. The Morgan fingerprint density at radius 3 is 2.63 bits per heavy atom. The maximum absolute atomic E-state index is 4.50. The minimum absolute atomic E-state index is 1.01. The summed E-state index contributed by atoms with van der Waals surface area (Å²) in [6.07, 6.45) is 6.96. The predicted octanol–water partition coefficient (Wildman–Crippen LogP) is 2.85. The van der Waals surface area contributed by atoms with E-state index in [0.29, 0.717) is 0 Å². The molecule has 0 saturated heterocycles. The molecule has 0 amide bonds. The second kappa shape index (κ2) is 6.71. The number of aromatic nitrogens is 2. The van der Waals surface area contributed by atoms with Crippen LogP contribution in [0.2, 0.25) is 0 Å². The van der Waals surface area contributed by atoms with Gasteiger partial charge in [-0.3, -0.25) is 4.98 Å². The van der Waals surface area contributed by atoms with Gasteiger partial charge < -0.3 is 10.3 Å². The van der Waals surface area contributed by atoms with Crippen molar-refractivity contribution < 1.29 is 0 Å². The maximum atomic E-state index is 4.50. The van der Waals surface area contributed by atoms with Crippen molar-refractivity contribution in [2.75, 3.05) is 7.05 Å². The highest BCUT2D eigenvalue weighted by atomic mass is 15.0. The van der Waals surface area contributed by atoms with Crippen LogP contribution in [0.15, 0.2) is 61.1 Å². The van der Waals surface area contributed by atoms with Crippen LogP contribution in [0.3, 0.4) is 0 Å². The SMILES string of the molecule is CN.c1ccc(CCn2ccc3cnccc32)cc1. The molecule has 3 nitrogen and oxygen atoms in total. The molecule has 0 atom stereocenters. The molecule has 0 spiro atoms. The molecule has 2 aromatic heterocycles. The van der Waals surface area contributed by atoms with E-state index in [9.17, 15) is 0 Å². The molecule has 0 fully saturated rings. The Morgan fingerprint density at radius 2 is 1.84 bits per heavy atom. The van der Waals surface area contributed by atoms with Crippen molar-refractivity contribution in [1.29, 1.82) is 0 Å². The van der Waals surface area contributed by atoms with Crippen LogP contribution < -0.4 is 5.73 Å². The fourth-order valence-corrected chi connectivity index (χ4v) is 2.13. The molecule has 2 N–H and O–H groups in total. The Bertz CT molecular complexity index is 614. The standard InChI is InChI=1S/C15H14N2.CH5N/c1-2-4-13(5-3-1)7-10-17-11-8-14-12-16-9-6-15(14)17;1-2/h1-6,8-9,11-12H,7,10H2;2H2,1H3. The summed E-state index contributed by atoms with van der Waals surface area (Å²) >= 11 is 0. The number of pyridine rings is 1. The first-order valence-corrected chi connectivity index (χ1v) is 6.44.